The van der Waals surface area contributed by atoms with E-state index in [2.05, 4.69) is 5.32 Å². The Labute approximate surface area is 320 Å². The minimum atomic E-state index is -5.19. The number of benzene rings is 2. The molecule has 56 heavy (non-hydrogen) atoms. The van der Waals surface area contributed by atoms with Crippen LogP contribution in [0, 0.1) is 11.3 Å². The topological polar surface area (TPSA) is 194 Å². The Hall–Kier alpha value is -5.74. The van der Waals surface area contributed by atoms with E-state index in [0.29, 0.717) is 28.9 Å². The lowest BCUT2D eigenvalue weighted by atomic mass is 9.99. The number of nitrogens with one attached hydrogen (secondary N) is 1. The Morgan fingerprint density at radius 1 is 0.946 bits per heavy atom. The lowest BCUT2D eigenvalue weighted by Gasteiger charge is -2.35. The highest BCUT2D eigenvalue weighted by Crippen LogP contribution is 2.37. The van der Waals surface area contributed by atoms with E-state index in [0.717, 1.165) is 13.0 Å². The highest BCUT2D eigenvalue weighted by molar-refractivity contribution is 6.05. The molecule has 2 aromatic rings. The summed E-state index contributed by atoms with van der Waals surface area (Å²) in [5, 5.41) is 12.1. The van der Waals surface area contributed by atoms with Crippen molar-refractivity contribution in [3.8, 4) is 6.07 Å². The molecule has 2 aliphatic heterocycles. The van der Waals surface area contributed by atoms with Crippen molar-refractivity contribution in [2.24, 2.45) is 0 Å². The smallest absolute Gasteiger partial charge is 0.420 e. The standard InChI is InChI=1S/C37H42F3N5O11/c1-21(46)54-29(30-32(49)44(12-14-53-30)25-10-8-9-24(17-25)43-11-13-52-20-28(43)47)31(48)42-23-15-22(26(18-41)27(16-23)37(38,39)40)19-45(33(50)55-35(2,3)4)34(51)56-36(5,6)7/h8-10,15-17,29-30H,11-14,19-20H2,1-7H3,(H,42,48). The number of halogens is 3. The number of imide groups is 1. The van der Waals surface area contributed by atoms with Crippen LogP contribution in [0.1, 0.15) is 65.2 Å². The third-order valence-corrected chi connectivity index (χ3v) is 7.85. The third-order valence-electron chi connectivity index (χ3n) is 7.85. The molecule has 16 nitrogen and oxygen atoms in total. The molecule has 0 bridgehead atoms. The number of nitrogens with zero attached hydrogens (tertiary/aromatic N) is 4. The van der Waals surface area contributed by atoms with Crippen LogP contribution in [0.25, 0.3) is 0 Å². The molecule has 2 fully saturated rings. The van der Waals surface area contributed by atoms with E-state index < -0.39 is 88.5 Å². The van der Waals surface area contributed by atoms with Crippen LogP contribution in [0.5, 0.6) is 0 Å². The van der Waals surface area contributed by atoms with E-state index in [1.54, 1.807) is 24.3 Å². The number of alkyl halides is 3. The van der Waals surface area contributed by atoms with E-state index in [9.17, 15) is 47.2 Å². The normalized spacial score (nSPS) is 17.1. The molecule has 2 aliphatic rings. The maximum absolute atomic E-state index is 14.4. The third kappa shape index (κ3) is 10.9. The minimum Gasteiger partial charge on any atom is -0.449 e. The molecule has 2 atom stereocenters. The summed E-state index contributed by atoms with van der Waals surface area (Å²) in [6, 6.07) is 9.20. The number of morpholine rings is 2. The lowest BCUT2D eigenvalue weighted by Crippen LogP contribution is -2.56. The SMILES string of the molecule is CC(=O)OC(C(=O)Nc1cc(CN(C(=O)OC(C)(C)C)C(=O)OC(C)(C)C)c(C#N)c(C(F)(F)F)c1)C1OCCN(c2cccc(N3CCOCC3=O)c2)C1=O. The molecular weight excluding hydrogens is 747 g/mol. The maximum Gasteiger partial charge on any atom is 0.420 e. The Kier molecular flexibility index (Phi) is 13.0. The fraction of sp³-hybridized carbons (Fsp3) is 0.486. The van der Waals surface area contributed by atoms with Crippen molar-refractivity contribution in [3.05, 3.63) is 53.1 Å². The fourth-order valence-electron chi connectivity index (χ4n) is 5.61. The molecule has 0 aliphatic carbocycles. The second-order valence-corrected chi connectivity index (χ2v) is 14.6. The number of hydrogen-bond donors (Lipinski definition) is 1. The van der Waals surface area contributed by atoms with Gasteiger partial charge in [-0.3, -0.25) is 19.2 Å². The summed E-state index contributed by atoms with van der Waals surface area (Å²) in [7, 11) is 0. The van der Waals surface area contributed by atoms with Crippen LogP contribution in [0.4, 0.5) is 39.8 Å². The van der Waals surface area contributed by atoms with Crippen LogP contribution in [-0.2, 0) is 55.6 Å². The lowest BCUT2D eigenvalue weighted by molar-refractivity contribution is -0.167. The van der Waals surface area contributed by atoms with Crippen molar-refractivity contribution < 1.29 is 65.6 Å². The molecule has 5 amide bonds. The van der Waals surface area contributed by atoms with Crippen molar-refractivity contribution in [3.63, 3.8) is 0 Å². The molecule has 0 saturated carbocycles. The van der Waals surface area contributed by atoms with Crippen molar-refractivity contribution >= 4 is 52.9 Å². The number of hydrogen-bond acceptors (Lipinski definition) is 12. The first kappa shape index (κ1) is 43.0. The number of anilines is 3. The van der Waals surface area contributed by atoms with Crippen molar-refractivity contribution in [2.45, 2.75) is 84.6 Å². The molecule has 2 heterocycles. The molecule has 19 heteroatoms. The van der Waals surface area contributed by atoms with Gasteiger partial charge in [0.05, 0.1) is 30.9 Å². The second-order valence-electron chi connectivity index (χ2n) is 14.6. The number of carbonyl (C=O) groups is 6. The summed E-state index contributed by atoms with van der Waals surface area (Å²) in [4.78, 5) is 81.8. The van der Waals surface area contributed by atoms with Crippen LogP contribution in [0.15, 0.2) is 36.4 Å². The van der Waals surface area contributed by atoms with Crippen molar-refractivity contribution in [1.82, 2.24) is 4.90 Å². The summed E-state index contributed by atoms with van der Waals surface area (Å²) >= 11 is 0. The number of ether oxygens (including phenoxy) is 5. The molecule has 2 unspecified atom stereocenters. The molecule has 1 N–H and O–H groups in total. The second kappa shape index (κ2) is 17.0. The Bertz CT molecular complexity index is 1890. The van der Waals surface area contributed by atoms with Gasteiger partial charge in [0.1, 0.15) is 23.9 Å². The van der Waals surface area contributed by atoms with E-state index in [1.807, 2.05) is 0 Å². The van der Waals surface area contributed by atoms with Gasteiger partial charge >= 0.3 is 24.3 Å². The Balaban J connectivity index is 1.70. The van der Waals surface area contributed by atoms with Gasteiger partial charge in [0, 0.05) is 37.1 Å². The van der Waals surface area contributed by atoms with Crippen molar-refractivity contribution in [1.29, 1.82) is 5.26 Å². The van der Waals surface area contributed by atoms with Crippen LogP contribution in [0.2, 0.25) is 0 Å². The number of amides is 5. The van der Waals surface area contributed by atoms with Gasteiger partial charge < -0.3 is 38.8 Å². The number of nitriles is 1. The Morgan fingerprint density at radius 2 is 1.54 bits per heavy atom. The summed E-state index contributed by atoms with van der Waals surface area (Å²) in [6.45, 7) is 9.16. The van der Waals surface area contributed by atoms with E-state index in [4.69, 9.17) is 23.7 Å². The van der Waals surface area contributed by atoms with Gasteiger partial charge in [-0.25, -0.2) is 14.5 Å². The highest BCUT2D eigenvalue weighted by atomic mass is 19.4. The molecule has 2 aromatic carbocycles. The largest absolute Gasteiger partial charge is 0.449 e. The zero-order valence-corrected chi connectivity index (χ0v) is 31.8. The predicted octanol–water partition coefficient (Wildman–Crippen LogP) is 4.91. The molecular formula is C37H42F3N5O11. The summed E-state index contributed by atoms with van der Waals surface area (Å²) in [5.74, 6) is -3.46. The first-order chi connectivity index (χ1) is 26.0. The van der Waals surface area contributed by atoms with Gasteiger partial charge in [0.25, 0.3) is 17.7 Å². The number of carbonyl (C=O) groups excluding carboxylic acids is 6. The highest BCUT2D eigenvalue weighted by Gasteiger charge is 2.44. The molecule has 2 saturated heterocycles. The molecule has 0 aromatic heterocycles. The van der Waals surface area contributed by atoms with Gasteiger partial charge in [0.15, 0.2) is 6.10 Å². The monoisotopic (exact) mass is 789 g/mol. The predicted molar refractivity (Wildman–Crippen MR) is 190 cm³/mol. The van der Waals surface area contributed by atoms with E-state index in [-0.39, 0.29) is 32.2 Å². The number of rotatable bonds is 8. The number of esters is 1. The van der Waals surface area contributed by atoms with Gasteiger partial charge in [-0.1, -0.05) is 6.07 Å². The first-order valence-electron chi connectivity index (χ1n) is 17.3. The summed E-state index contributed by atoms with van der Waals surface area (Å²) in [5.41, 5.74) is -5.22. The van der Waals surface area contributed by atoms with Crippen LogP contribution in [0.3, 0.4) is 0 Å². The van der Waals surface area contributed by atoms with Crippen LogP contribution >= 0.6 is 0 Å². The van der Waals surface area contributed by atoms with Crippen molar-refractivity contribution in [2.75, 3.05) is 48.0 Å². The van der Waals surface area contributed by atoms with Gasteiger partial charge in [-0.2, -0.15) is 18.4 Å². The summed E-state index contributed by atoms with van der Waals surface area (Å²) in [6.07, 6.45) is -11.6. The molecule has 0 spiro atoms. The zero-order chi connectivity index (χ0) is 41.7. The van der Waals surface area contributed by atoms with Crippen LogP contribution in [-0.4, -0.2) is 97.1 Å². The minimum absolute atomic E-state index is 0.00994. The fourth-order valence-corrected chi connectivity index (χ4v) is 5.61. The van der Waals surface area contributed by atoms with Gasteiger partial charge in [0.2, 0.25) is 6.10 Å². The van der Waals surface area contributed by atoms with Gasteiger partial charge in [-0.15, -0.1) is 0 Å². The molecule has 0 radical (unpaired) electrons. The maximum atomic E-state index is 14.4. The summed E-state index contributed by atoms with van der Waals surface area (Å²) < 4.78 is 69.9. The Morgan fingerprint density at radius 3 is 2.07 bits per heavy atom. The first-order valence-corrected chi connectivity index (χ1v) is 17.3. The average molecular weight is 790 g/mol. The molecule has 302 valence electrons. The average Bonchev–Trinajstić information content (AvgIpc) is 3.07. The van der Waals surface area contributed by atoms with E-state index >= 15 is 0 Å². The van der Waals surface area contributed by atoms with E-state index in [1.165, 1.54) is 57.4 Å². The van der Waals surface area contributed by atoms with Crippen LogP contribution < -0.4 is 15.1 Å². The molecule has 4 rings (SSSR count). The van der Waals surface area contributed by atoms with Gasteiger partial charge in [-0.05, 0) is 77.4 Å². The quantitative estimate of drug-likeness (QED) is 0.281. The zero-order valence-electron chi connectivity index (χ0n) is 31.8.